The van der Waals surface area contributed by atoms with Gasteiger partial charge in [0.2, 0.25) is 0 Å². The van der Waals surface area contributed by atoms with Crippen LogP contribution in [0.4, 0.5) is 0 Å². The van der Waals surface area contributed by atoms with E-state index in [-0.39, 0.29) is 6.29 Å². The van der Waals surface area contributed by atoms with Gasteiger partial charge in [-0.2, -0.15) is 0 Å². The minimum absolute atomic E-state index is 0.126. The number of guanidine groups is 1. The molecule has 0 aliphatic carbocycles. The van der Waals surface area contributed by atoms with Crippen molar-refractivity contribution in [2.24, 2.45) is 21.5 Å². The molecular formula is C10H23N7. The second-order valence-electron chi connectivity index (χ2n) is 3.86. The second-order valence-corrected chi connectivity index (χ2v) is 3.86. The second kappa shape index (κ2) is 7.99. The zero-order chi connectivity index (χ0) is 12.5. The average Bonchev–Trinajstić information content (AvgIpc) is 2.29. The predicted molar refractivity (Wildman–Crippen MR) is 70.8 cm³/mol. The summed E-state index contributed by atoms with van der Waals surface area (Å²) in [5.74, 6) is 1.59. The molecule has 17 heavy (non-hydrogen) atoms. The molecular weight excluding hydrogens is 218 g/mol. The molecule has 0 fully saturated rings. The molecule has 0 aromatic carbocycles. The van der Waals surface area contributed by atoms with Crippen LogP contribution in [0.25, 0.3) is 0 Å². The Bertz CT molecular complexity index is 274. The number of nitrogens with two attached hydrogens (primary N) is 2. The summed E-state index contributed by atoms with van der Waals surface area (Å²) >= 11 is 0. The molecule has 98 valence electrons. The van der Waals surface area contributed by atoms with Crippen LogP contribution in [0, 0.1) is 0 Å². The summed E-state index contributed by atoms with van der Waals surface area (Å²) in [6.45, 7) is 4.80. The maximum absolute atomic E-state index is 5.44. The van der Waals surface area contributed by atoms with Crippen LogP contribution >= 0.6 is 0 Å². The topological polar surface area (TPSA) is 113 Å². The maximum Gasteiger partial charge on any atom is 0.199 e. The first-order valence-corrected chi connectivity index (χ1v) is 6.02. The molecule has 0 spiro atoms. The summed E-state index contributed by atoms with van der Waals surface area (Å²) in [6, 6.07) is 0. The Kier molecular flexibility index (Phi) is 6.53. The highest BCUT2D eigenvalue weighted by molar-refractivity contribution is 6.00. The van der Waals surface area contributed by atoms with Gasteiger partial charge in [-0.25, -0.2) is 4.99 Å². The van der Waals surface area contributed by atoms with Crippen LogP contribution in [0.2, 0.25) is 0 Å². The van der Waals surface area contributed by atoms with Gasteiger partial charge < -0.3 is 22.1 Å². The molecule has 0 aromatic rings. The lowest BCUT2D eigenvalue weighted by Crippen LogP contribution is -2.55. The lowest BCUT2D eigenvalue weighted by molar-refractivity contribution is 0.484. The van der Waals surface area contributed by atoms with Gasteiger partial charge in [-0.05, 0) is 39.4 Å². The molecule has 7 heteroatoms. The number of nitrogens with zero attached hydrogens (tertiary/aromatic N) is 2. The average molecular weight is 241 g/mol. The minimum atomic E-state index is -0.126. The van der Waals surface area contributed by atoms with E-state index in [9.17, 15) is 0 Å². The molecule has 0 radical (unpaired) electrons. The van der Waals surface area contributed by atoms with Gasteiger partial charge >= 0.3 is 0 Å². The van der Waals surface area contributed by atoms with Crippen LogP contribution in [0.5, 0.6) is 0 Å². The van der Waals surface area contributed by atoms with Crippen LogP contribution < -0.4 is 27.4 Å². The van der Waals surface area contributed by atoms with Gasteiger partial charge in [0.05, 0.1) is 0 Å². The molecule has 0 bridgehead atoms. The standard InChI is InChI=1S/C10H23N7/c1-8-15-9(13-6-2-4-11)17-10(16-8)14-7-3-5-12/h9,13H,2-7,11-12H2,1H3,(H2,14,15,16,17). The number of rotatable bonds is 7. The maximum atomic E-state index is 5.44. The minimum Gasteiger partial charge on any atom is -0.330 e. The van der Waals surface area contributed by atoms with E-state index in [1.165, 1.54) is 0 Å². The number of amidine groups is 1. The van der Waals surface area contributed by atoms with E-state index in [2.05, 4.69) is 25.9 Å². The summed E-state index contributed by atoms with van der Waals surface area (Å²) in [7, 11) is 0. The van der Waals surface area contributed by atoms with Gasteiger partial charge in [0.1, 0.15) is 5.84 Å². The monoisotopic (exact) mass is 241 g/mol. The Morgan fingerprint density at radius 3 is 2.82 bits per heavy atom. The van der Waals surface area contributed by atoms with Crippen LogP contribution in [0.3, 0.4) is 0 Å². The largest absolute Gasteiger partial charge is 0.330 e. The van der Waals surface area contributed by atoms with Crippen molar-refractivity contribution in [1.29, 1.82) is 0 Å². The third-order valence-corrected chi connectivity index (χ3v) is 2.25. The lowest BCUT2D eigenvalue weighted by atomic mass is 10.4. The predicted octanol–water partition coefficient (Wildman–Crippen LogP) is -1.48. The fourth-order valence-electron chi connectivity index (χ4n) is 1.40. The molecule has 0 aromatic heterocycles. The summed E-state index contributed by atoms with van der Waals surface area (Å²) in [4.78, 5) is 8.74. The van der Waals surface area contributed by atoms with Crippen molar-refractivity contribution in [1.82, 2.24) is 16.0 Å². The Labute approximate surface area is 102 Å². The third kappa shape index (κ3) is 5.62. The van der Waals surface area contributed by atoms with Crippen LogP contribution in [0.1, 0.15) is 19.8 Å². The molecule has 1 aliphatic heterocycles. The highest BCUT2D eigenvalue weighted by Crippen LogP contribution is 1.91. The zero-order valence-corrected chi connectivity index (χ0v) is 10.4. The van der Waals surface area contributed by atoms with Crippen molar-refractivity contribution in [2.75, 3.05) is 26.2 Å². The zero-order valence-electron chi connectivity index (χ0n) is 10.4. The Morgan fingerprint density at radius 2 is 2.12 bits per heavy atom. The van der Waals surface area contributed by atoms with Gasteiger partial charge in [0.25, 0.3) is 0 Å². The normalized spacial score (nSPS) is 21.9. The number of aliphatic imine (C=N–C) groups is 2. The summed E-state index contributed by atoms with van der Waals surface area (Å²) in [5.41, 5.74) is 10.9. The lowest BCUT2D eigenvalue weighted by Gasteiger charge is -2.25. The summed E-state index contributed by atoms with van der Waals surface area (Å²) < 4.78 is 0. The van der Waals surface area contributed by atoms with Crippen molar-refractivity contribution in [2.45, 2.75) is 26.1 Å². The molecule has 1 aliphatic rings. The Balaban J connectivity index is 2.40. The third-order valence-electron chi connectivity index (χ3n) is 2.25. The van der Waals surface area contributed by atoms with E-state index in [1.54, 1.807) is 0 Å². The molecule has 0 amide bonds. The molecule has 7 nitrogen and oxygen atoms in total. The summed E-state index contributed by atoms with van der Waals surface area (Å²) in [5, 5.41) is 9.49. The van der Waals surface area contributed by atoms with Gasteiger partial charge in [0, 0.05) is 6.54 Å². The van der Waals surface area contributed by atoms with Crippen LogP contribution in [0.15, 0.2) is 9.98 Å². The SMILES string of the molecule is CC1=NC(NCCCN)NC(=NCCCN)N1. The molecule has 1 rings (SSSR count). The molecule has 0 saturated heterocycles. The van der Waals surface area contributed by atoms with E-state index in [0.717, 1.165) is 31.2 Å². The van der Waals surface area contributed by atoms with Gasteiger partial charge in [-0.1, -0.05) is 0 Å². The van der Waals surface area contributed by atoms with Crippen molar-refractivity contribution in [3.63, 3.8) is 0 Å². The Hall–Kier alpha value is -1.18. The van der Waals surface area contributed by atoms with E-state index in [0.29, 0.717) is 19.6 Å². The fourth-order valence-corrected chi connectivity index (χ4v) is 1.40. The summed E-state index contributed by atoms with van der Waals surface area (Å²) in [6.07, 6.45) is 1.69. The van der Waals surface area contributed by atoms with Gasteiger partial charge in [-0.15, -0.1) is 0 Å². The van der Waals surface area contributed by atoms with E-state index >= 15 is 0 Å². The fraction of sp³-hybridized carbons (Fsp3) is 0.800. The molecule has 1 unspecified atom stereocenters. The smallest absolute Gasteiger partial charge is 0.199 e. The van der Waals surface area contributed by atoms with Gasteiger partial charge in [0.15, 0.2) is 12.2 Å². The van der Waals surface area contributed by atoms with E-state index < -0.39 is 0 Å². The molecule has 0 saturated carbocycles. The highest BCUT2D eigenvalue weighted by Gasteiger charge is 2.14. The van der Waals surface area contributed by atoms with E-state index in [1.807, 2.05) is 6.92 Å². The van der Waals surface area contributed by atoms with E-state index in [4.69, 9.17) is 11.5 Å². The van der Waals surface area contributed by atoms with Crippen molar-refractivity contribution in [3.8, 4) is 0 Å². The number of hydrogen-bond donors (Lipinski definition) is 5. The Morgan fingerprint density at radius 1 is 1.35 bits per heavy atom. The van der Waals surface area contributed by atoms with Crippen LogP contribution in [-0.2, 0) is 0 Å². The first kappa shape index (κ1) is 13.9. The van der Waals surface area contributed by atoms with Crippen molar-refractivity contribution in [3.05, 3.63) is 0 Å². The van der Waals surface area contributed by atoms with Crippen molar-refractivity contribution < 1.29 is 0 Å². The molecule has 7 N–H and O–H groups in total. The molecule has 1 atom stereocenters. The first-order valence-electron chi connectivity index (χ1n) is 6.02. The number of nitrogens with one attached hydrogen (secondary N) is 3. The van der Waals surface area contributed by atoms with Gasteiger partial charge in [-0.3, -0.25) is 10.3 Å². The van der Waals surface area contributed by atoms with Crippen LogP contribution in [-0.4, -0.2) is 44.3 Å². The highest BCUT2D eigenvalue weighted by atomic mass is 15.4. The first-order chi connectivity index (χ1) is 8.26. The number of hydrogen-bond acceptors (Lipinski definition) is 5. The molecule has 1 heterocycles. The van der Waals surface area contributed by atoms with Crippen molar-refractivity contribution >= 4 is 11.8 Å². The quantitative estimate of drug-likeness (QED) is 0.349.